The average molecular weight is 520 g/mol. The summed E-state index contributed by atoms with van der Waals surface area (Å²) in [6, 6.07) is 18.7. The molecule has 3 heterocycles. The van der Waals surface area contributed by atoms with Gasteiger partial charge in [0, 0.05) is 42.0 Å². The van der Waals surface area contributed by atoms with E-state index in [1.165, 1.54) is 21.5 Å². The lowest BCUT2D eigenvalue weighted by Gasteiger charge is -2.12. The second kappa shape index (κ2) is 11.1. The van der Waals surface area contributed by atoms with Crippen LogP contribution in [0.2, 0.25) is 0 Å². The zero-order chi connectivity index (χ0) is 19.0. The lowest BCUT2D eigenvalue weighted by molar-refractivity contribution is 0.506. The number of fused-ring (bicyclic) bond motifs is 1. The normalized spacial score (nSPS) is 11.4. The van der Waals surface area contributed by atoms with Gasteiger partial charge in [-0.1, -0.05) is 24.3 Å². The number of para-hydroxylation sites is 1. The van der Waals surface area contributed by atoms with Crippen molar-refractivity contribution < 1.29 is 4.42 Å². The third-order valence-corrected chi connectivity index (χ3v) is 5.35. The summed E-state index contributed by atoms with van der Waals surface area (Å²) in [5, 5.41) is 10.2. The van der Waals surface area contributed by atoms with Gasteiger partial charge < -0.3 is 20.0 Å². The molecule has 5 nitrogen and oxygen atoms in total. The number of nitrogens with one attached hydrogen (secondary N) is 3. The molecule has 0 atom stereocenters. The highest BCUT2D eigenvalue weighted by atomic mass is 127. The SMILES string of the molecule is I.c1coc(CCNC(=NCc2cccs2)NCCc2cc3ccccc3[nH]2)c1. The molecule has 152 valence electrons. The minimum atomic E-state index is 0. The summed E-state index contributed by atoms with van der Waals surface area (Å²) in [7, 11) is 0. The minimum absolute atomic E-state index is 0. The van der Waals surface area contributed by atoms with E-state index in [0.717, 1.165) is 37.7 Å². The molecule has 7 heteroatoms. The molecular weight excluding hydrogens is 495 g/mol. The van der Waals surface area contributed by atoms with Gasteiger partial charge in [0.25, 0.3) is 0 Å². The van der Waals surface area contributed by atoms with Gasteiger partial charge in [0.15, 0.2) is 5.96 Å². The zero-order valence-corrected chi connectivity index (χ0v) is 19.2. The highest BCUT2D eigenvalue weighted by molar-refractivity contribution is 14.0. The predicted octanol–water partition coefficient (Wildman–Crippen LogP) is 4.96. The van der Waals surface area contributed by atoms with Crippen LogP contribution in [0.4, 0.5) is 0 Å². The number of thiophene rings is 1. The van der Waals surface area contributed by atoms with Crippen molar-refractivity contribution in [3.63, 3.8) is 0 Å². The van der Waals surface area contributed by atoms with Crippen molar-refractivity contribution >= 4 is 52.2 Å². The Morgan fingerprint density at radius 3 is 2.62 bits per heavy atom. The molecule has 0 aliphatic carbocycles. The van der Waals surface area contributed by atoms with Gasteiger partial charge in [-0.15, -0.1) is 35.3 Å². The van der Waals surface area contributed by atoms with Crippen LogP contribution in [0, 0.1) is 0 Å². The fourth-order valence-corrected chi connectivity index (χ4v) is 3.70. The Hall–Kier alpha value is -2.26. The first-order valence-corrected chi connectivity index (χ1v) is 10.4. The molecule has 0 fully saturated rings. The first-order chi connectivity index (χ1) is 13.9. The van der Waals surface area contributed by atoms with Crippen molar-refractivity contribution in [3.05, 3.63) is 82.6 Å². The van der Waals surface area contributed by atoms with Gasteiger partial charge in [-0.25, -0.2) is 4.99 Å². The van der Waals surface area contributed by atoms with E-state index in [9.17, 15) is 0 Å². The van der Waals surface area contributed by atoms with E-state index in [4.69, 9.17) is 9.41 Å². The van der Waals surface area contributed by atoms with Crippen molar-refractivity contribution in [2.24, 2.45) is 4.99 Å². The number of nitrogens with zero attached hydrogens (tertiary/aromatic N) is 1. The van der Waals surface area contributed by atoms with Crippen molar-refractivity contribution in [2.45, 2.75) is 19.4 Å². The number of furan rings is 1. The third kappa shape index (κ3) is 6.37. The molecule has 4 aromatic rings. The maximum absolute atomic E-state index is 5.40. The Morgan fingerprint density at radius 1 is 1.00 bits per heavy atom. The quantitative estimate of drug-likeness (QED) is 0.175. The summed E-state index contributed by atoms with van der Waals surface area (Å²) in [5.74, 6) is 1.80. The number of guanidine groups is 1. The molecule has 29 heavy (non-hydrogen) atoms. The molecule has 0 saturated heterocycles. The Kier molecular flexibility index (Phi) is 8.18. The molecule has 0 unspecified atom stereocenters. The minimum Gasteiger partial charge on any atom is -0.469 e. The highest BCUT2D eigenvalue weighted by Crippen LogP contribution is 2.14. The molecule has 0 spiro atoms. The van der Waals surface area contributed by atoms with Crippen molar-refractivity contribution in [1.82, 2.24) is 15.6 Å². The first kappa shape index (κ1) is 21.4. The van der Waals surface area contributed by atoms with Crippen LogP contribution in [-0.2, 0) is 19.4 Å². The molecule has 0 radical (unpaired) electrons. The van der Waals surface area contributed by atoms with Gasteiger partial charge in [0.1, 0.15) is 5.76 Å². The molecule has 0 saturated carbocycles. The fraction of sp³-hybridized carbons (Fsp3) is 0.227. The van der Waals surface area contributed by atoms with Gasteiger partial charge in [0.2, 0.25) is 0 Å². The first-order valence-electron chi connectivity index (χ1n) is 9.50. The Labute approximate surface area is 191 Å². The number of aromatic nitrogens is 1. The molecule has 0 aliphatic rings. The van der Waals surface area contributed by atoms with Crippen molar-refractivity contribution in [1.29, 1.82) is 0 Å². The Morgan fingerprint density at radius 2 is 1.86 bits per heavy atom. The summed E-state index contributed by atoms with van der Waals surface area (Å²) in [6.45, 7) is 2.26. The number of benzene rings is 1. The van der Waals surface area contributed by atoms with E-state index in [1.807, 2.05) is 12.1 Å². The Balaban J connectivity index is 0.00000240. The van der Waals surface area contributed by atoms with Crippen LogP contribution in [0.3, 0.4) is 0 Å². The molecule has 3 aromatic heterocycles. The van der Waals surface area contributed by atoms with Gasteiger partial charge >= 0.3 is 0 Å². The zero-order valence-electron chi connectivity index (χ0n) is 16.1. The number of hydrogen-bond donors (Lipinski definition) is 3. The fourth-order valence-electron chi connectivity index (χ4n) is 3.08. The van der Waals surface area contributed by atoms with Gasteiger partial charge in [-0.3, -0.25) is 0 Å². The van der Waals surface area contributed by atoms with Gasteiger partial charge in [-0.2, -0.15) is 0 Å². The summed E-state index contributed by atoms with van der Waals surface area (Å²) >= 11 is 1.73. The van der Waals surface area contributed by atoms with Crippen LogP contribution in [0.15, 0.2) is 75.7 Å². The molecule has 3 N–H and O–H groups in total. The number of H-pyrrole nitrogens is 1. The highest BCUT2D eigenvalue weighted by Gasteiger charge is 2.03. The lowest BCUT2D eigenvalue weighted by Crippen LogP contribution is -2.39. The maximum atomic E-state index is 5.40. The van der Waals surface area contributed by atoms with E-state index < -0.39 is 0 Å². The molecule has 0 amide bonds. The van der Waals surface area contributed by atoms with E-state index in [2.05, 4.69) is 63.5 Å². The smallest absolute Gasteiger partial charge is 0.191 e. The van der Waals surface area contributed by atoms with Crippen LogP contribution in [0.1, 0.15) is 16.3 Å². The van der Waals surface area contributed by atoms with Crippen LogP contribution < -0.4 is 10.6 Å². The van der Waals surface area contributed by atoms with Gasteiger partial charge in [-0.05, 0) is 41.1 Å². The number of rotatable bonds is 8. The average Bonchev–Trinajstić information content (AvgIpc) is 3.46. The number of hydrogen-bond acceptors (Lipinski definition) is 3. The number of aliphatic imine (C=N–C) groups is 1. The standard InChI is InChI=1S/C22H24N4OS.HI/c1-2-8-21-17(5-1)15-18(26-21)9-11-23-22(25-16-20-7-4-14-28-20)24-12-10-19-6-3-13-27-19;/h1-8,13-15,26H,9-12,16H2,(H2,23,24,25);1H. The van der Waals surface area contributed by atoms with Crippen LogP contribution in [0.25, 0.3) is 10.9 Å². The van der Waals surface area contributed by atoms with Crippen LogP contribution in [0.5, 0.6) is 0 Å². The van der Waals surface area contributed by atoms with Crippen LogP contribution in [-0.4, -0.2) is 24.0 Å². The van der Waals surface area contributed by atoms with E-state index >= 15 is 0 Å². The second-order valence-corrected chi connectivity index (χ2v) is 7.59. The summed E-state index contributed by atoms with van der Waals surface area (Å²) in [4.78, 5) is 9.45. The van der Waals surface area contributed by atoms with E-state index in [-0.39, 0.29) is 24.0 Å². The third-order valence-electron chi connectivity index (χ3n) is 4.49. The molecule has 0 bridgehead atoms. The van der Waals surface area contributed by atoms with E-state index in [0.29, 0.717) is 6.54 Å². The molecule has 1 aromatic carbocycles. The Bertz CT molecular complexity index is 976. The molecule has 4 rings (SSSR count). The topological polar surface area (TPSA) is 65.3 Å². The van der Waals surface area contributed by atoms with Gasteiger partial charge in [0.05, 0.1) is 12.8 Å². The van der Waals surface area contributed by atoms with Crippen LogP contribution >= 0.6 is 35.3 Å². The summed E-state index contributed by atoms with van der Waals surface area (Å²) in [5.41, 5.74) is 2.41. The monoisotopic (exact) mass is 520 g/mol. The van der Waals surface area contributed by atoms with Crippen molar-refractivity contribution in [2.75, 3.05) is 13.1 Å². The summed E-state index contributed by atoms with van der Waals surface area (Å²) < 4.78 is 5.40. The molecule has 0 aliphatic heterocycles. The second-order valence-electron chi connectivity index (χ2n) is 6.56. The molecular formula is C22H25IN4OS. The lowest BCUT2D eigenvalue weighted by atomic mass is 10.2. The number of halogens is 1. The largest absolute Gasteiger partial charge is 0.469 e. The van der Waals surface area contributed by atoms with Crippen molar-refractivity contribution in [3.8, 4) is 0 Å². The predicted molar refractivity (Wildman–Crippen MR) is 131 cm³/mol. The maximum Gasteiger partial charge on any atom is 0.191 e. The summed E-state index contributed by atoms with van der Waals surface area (Å²) in [6.07, 6.45) is 3.45. The van der Waals surface area contributed by atoms with E-state index in [1.54, 1.807) is 17.6 Å². The number of aromatic amines is 1.